The molecule has 7 rings (SSSR count). The highest BCUT2D eigenvalue weighted by Crippen LogP contribution is 2.49. The minimum Gasteiger partial charge on any atom is -0.349 e. The first-order chi connectivity index (χ1) is 22.4. The second-order valence-electron chi connectivity index (χ2n) is 14.4. The van der Waals surface area contributed by atoms with Crippen LogP contribution in [0.3, 0.4) is 0 Å². The third-order valence-corrected chi connectivity index (χ3v) is 10.9. The molecular formula is C33H44BrN5O8S. The summed E-state index contributed by atoms with van der Waals surface area (Å²) in [5.74, 6) is -4.01. The summed E-state index contributed by atoms with van der Waals surface area (Å²) in [5.41, 5.74) is 2.68. The molecule has 5 heterocycles. The number of hydrogen-bond donors (Lipinski definition) is 4. The summed E-state index contributed by atoms with van der Waals surface area (Å²) >= 11 is 3.70. The van der Waals surface area contributed by atoms with E-state index in [-0.39, 0.29) is 23.8 Å². The van der Waals surface area contributed by atoms with Crippen molar-refractivity contribution in [3.05, 3.63) is 40.0 Å². The Morgan fingerprint density at radius 2 is 1.92 bits per heavy atom. The van der Waals surface area contributed by atoms with Crippen LogP contribution in [0.4, 0.5) is 0 Å². The van der Waals surface area contributed by atoms with E-state index in [1.807, 2.05) is 33.0 Å². The van der Waals surface area contributed by atoms with Crippen LogP contribution in [0.15, 0.2) is 28.9 Å². The number of hydrogen-bond acceptors (Lipinski definition) is 8. The van der Waals surface area contributed by atoms with Gasteiger partial charge < -0.3 is 20.3 Å². The standard InChI is InChI=1S/C32H40BrN5O5.CH4O3S/c1-16(2)12-24-29(40)37-11-7-10-25(37)32(42)38(24)30(41)31(43-32,17(3)4)35-28(39)18-13-20-19-8-6-9-22-26(19)21(27(33)34-22)14-23(20)36(5)15-18;1-5(2,3)4/h6,8-9,13,16-18,23-25,34,42H,7,10-12,14-15H2,1-5H3,(H,35,39);1H3,(H,2,3,4)/t18?,23?,24?,25?,31-,32?;/m0./s1. The van der Waals surface area contributed by atoms with E-state index in [0.29, 0.717) is 32.2 Å². The van der Waals surface area contributed by atoms with Crippen molar-refractivity contribution in [3.8, 4) is 0 Å². The minimum absolute atomic E-state index is 0.104. The number of amides is 3. The summed E-state index contributed by atoms with van der Waals surface area (Å²) in [5, 5.41) is 16.3. The van der Waals surface area contributed by atoms with Crippen LogP contribution in [0.2, 0.25) is 0 Å². The Kier molecular flexibility index (Phi) is 8.90. The van der Waals surface area contributed by atoms with Crippen molar-refractivity contribution in [2.24, 2.45) is 17.8 Å². The van der Waals surface area contributed by atoms with Crippen LogP contribution in [0.5, 0.6) is 0 Å². The number of nitrogens with zero attached hydrogens (tertiary/aromatic N) is 3. The molecule has 0 bridgehead atoms. The Labute approximate surface area is 288 Å². The number of H-pyrrole nitrogens is 1. The number of fused-ring (bicyclic) bond motifs is 5. The molecule has 5 unspecified atom stereocenters. The molecule has 1 aromatic heterocycles. The largest absolute Gasteiger partial charge is 0.349 e. The second-order valence-corrected chi connectivity index (χ2v) is 16.7. The first-order valence-electron chi connectivity index (χ1n) is 16.4. The number of carbonyl (C=O) groups is 3. The lowest BCUT2D eigenvalue weighted by Crippen LogP contribution is -2.71. The summed E-state index contributed by atoms with van der Waals surface area (Å²) in [6.07, 6.45) is 5.20. The zero-order valence-corrected chi connectivity index (χ0v) is 30.4. The van der Waals surface area contributed by atoms with Gasteiger partial charge in [-0.1, -0.05) is 45.9 Å². The quantitative estimate of drug-likeness (QED) is 0.336. The molecule has 1 aromatic carbocycles. The maximum absolute atomic E-state index is 14.4. The Bertz CT molecular complexity index is 1800. The van der Waals surface area contributed by atoms with Crippen molar-refractivity contribution in [3.63, 3.8) is 0 Å². The third-order valence-electron chi connectivity index (χ3n) is 10.3. The number of aromatic nitrogens is 1. The van der Waals surface area contributed by atoms with Gasteiger partial charge in [0.1, 0.15) is 12.1 Å². The monoisotopic (exact) mass is 749 g/mol. The molecule has 4 N–H and O–H groups in total. The van der Waals surface area contributed by atoms with E-state index in [1.165, 1.54) is 15.8 Å². The van der Waals surface area contributed by atoms with Gasteiger partial charge in [0.25, 0.3) is 21.9 Å². The summed E-state index contributed by atoms with van der Waals surface area (Å²) in [7, 11) is -1.64. The van der Waals surface area contributed by atoms with Gasteiger partial charge >= 0.3 is 0 Å². The van der Waals surface area contributed by atoms with Gasteiger partial charge in [-0.15, -0.1) is 0 Å². The molecule has 2 aromatic rings. The molecule has 5 aliphatic rings. The molecular weight excluding hydrogens is 706 g/mol. The van der Waals surface area contributed by atoms with Crippen LogP contribution in [0, 0.1) is 17.8 Å². The fourth-order valence-corrected chi connectivity index (χ4v) is 8.72. The molecule has 262 valence electrons. The summed E-state index contributed by atoms with van der Waals surface area (Å²) < 4.78 is 33.3. The lowest BCUT2D eigenvalue weighted by atomic mass is 9.79. The molecule has 3 saturated heterocycles. The Balaban J connectivity index is 0.000000749. The predicted octanol–water partition coefficient (Wildman–Crippen LogP) is 2.70. The Morgan fingerprint density at radius 3 is 2.56 bits per heavy atom. The molecule has 0 saturated carbocycles. The van der Waals surface area contributed by atoms with E-state index in [0.717, 1.165) is 34.1 Å². The fourth-order valence-electron chi connectivity index (χ4n) is 8.15. The summed E-state index contributed by atoms with van der Waals surface area (Å²) in [4.78, 5) is 50.8. The van der Waals surface area contributed by atoms with E-state index in [4.69, 9.17) is 9.29 Å². The van der Waals surface area contributed by atoms with E-state index in [1.54, 1.807) is 18.7 Å². The smallest absolute Gasteiger partial charge is 0.281 e. The number of aliphatic hydroxyl groups is 1. The zero-order chi connectivity index (χ0) is 35.1. The molecule has 0 spiro atoms. The van der Waals surface area contributed by atoms with Crippen molar-refractivity contribution in [2.75, 3.05) is 26.4 Å². The van der Waals surface area contributed by atoms with Crippen molar-refractivity contribution in [2.45, 2.75) is 83.1 Å². The van der Waals surface area contributed by atoms with Gasteiger partial charge in [0, 0.05) is 36.0 Å². The second kappa shape index (κ2) is 12.2. The van der Waals surface area contributed by atoms with E-state index < -0.39 is 51.6 Å². The number of carbonyl (C=O) groups excluding carboxylic acids is 3. The lowest BCUT2D eigenvalue weighted by molar-refractivity contribution is -0.322. The molecule has 48 heavy (non-hydrogen) atoms. The van der Waals surface area contributed by atoms with Crippen molar-refractivity contribution in [1.82, 2.24) is 25.0 Å². The van der Waals surface area contributed by atoms with Crippen molar-refractivity contribution < 1.29 is 37.2 Å². The molecule has 3 amide bonds. The SMILES string of the molecule is CC(C)CC1C(=O)N2CCCC2C2(O)O[C@@](NC(=O)C3C=C4c5cccc6[nH]c(Br)c(c56)CC4N(C)C3)(C(C)C)C(=O)N12.CS(=O)(=O)O. The molecule has 4 aliphatic heterocycles. The van der Waals surface area contributed by atoms with E-state index >= 15 is 0 Å². The number of ether oxygens (including phenoxy) is 1. The first-order valence-corrected chi connectivity index (χ1v) is 19.0. The van der Waals surface area contributed by atoms with Crippen molar-refractivity contribution in [1.29, 1.82) is 0 Å². The van der Waals surface area contributed by atoms with Gasteiger partial charge in [-0.2, -0.15) is 8.42 Å². The van der Waals surface area contributed by atoms with Gasteiger partial charge in [0.2, 0.25) is 17.5 Å². The number of benzene rings is 1. The number of nitrogens with one attached hydrogen (secondary N) is 2. The molecule has 3 fully saturated rings. The molecule has 0 radical (unpaired) electrons. The van der Waals surface area contributed by atoms with E-state index in [9.17, 15) is 27.9 Å². The molecule has 1 aliphatic carbocycles. The number of aromatic amines is 1. The van der Waals surface area contributed by atoms with Crippen LogP contribution in [0.25, 0.3) is 16.5 Å². The van der Waals surface area contributed by atoms with Crippen molar-refractivity contribution >= 4 is 60.2 Å². The fraction of sp³-hybridized carbons (Fsp3) is 0.606. The minimum atomic E-state index is -3.67. The number of halogens is 1. The predicted molar refractivity (Wildman–Crippen MR) is 182 cm³/mol. The van der Waals surface area contributed by atoms with Gasteiger partial charge in [0.05, 0.1) is 16.8 Å². The summed E-state index contributed by atoms with van der Waals surface area (Å²) in [6.45, 7) is 8.57. The molecule has 6 atom stereocenters. The van der Waals surface area contributed by atoms with Gasteiger partial charge in [-0.25, -0.2) is 0 Å². The highest BCUT2D eigenvalue weighted by atomic mass is 79.9. The van der Waals surface area contributed by atoms with Gasteiger partial charge in [0.15, 0.2) is 0 Å². The summed E-state index contributed by atoms with van der Waals surface area (Å²) in [6, 6.07) is 4.76. The lowest BCUT2D eigenvalue weighted by Gasteiger charge is -2.49. The average Bonchev–Trinajstić information content (AvgIpc) is 3.66. The maximum atomic E-state index is 14.4. The van der Waals surface area contributed by atoms with Crippen LogP contribution in [-0.4, -0.2) is 112 Å². The first kappa shape index (κ1) is 35.0. The van der Waals surface area contributed by atoms with Crippen LogP contribution in [0.1, 0.15) is 58.1 Å². The van der Waals surface area contributed by atoms with Gasteiger partial charge in [-0.3, -0.25) is 33.5 Å². The third kappa shape index (κ3) is 5.69. The van der Waals surface area contributed by atoms with E-state index in [2.05, 4.69) is 43.3 Å². The Morgan fingerprint density at radius 1 is 1.23 bits per heavy atom. The highest BCUT2D eigenvalue weighted by molar-refractivity contribution is 9.10. The van der Waals surface area contributed by atoms with Gasteiger partial charge in [-0.05, 0) is 77.3 Å². The maximum Gasteiger partial charge on any atom is 0.281 e. The molecule has 15 heteroatoms. The highest BCUT2D eigenvalue weighted by Gasteiger charge is 2.72. The topological polar surface area (TPSA) is 173 Å². The Hall–Kier alpha value is -2.82. The number of rotatable bonds is 5. The number of piperazine rings is 1. The average molecular weight is 751 g/mol. The van der Waals surface area contributed by atoms with Crippen LogP contribution in [-0.2, 0) is 35.7 Å². The zero-order valence-electron chi connectivity index (χ0n) is 28.0. The normalized spacial score (nSPS) is 31.4. The number of likely N-dealkylation sites (N-methyl/N-ethyl adjacent to an activating group) is 1. The van der Waals surface area contributed by atoms with Crippen LogP contribution >= 0.6 is 15.9 Å². The molecule has 13 nitrogen and oxygen atoms in total. The van der Waals surface area contributed by atoms with Crippen LogP contribution < -0.4 is 5.32 Å².